The molecule has 2 N–H and O–H groups in total. The summed E-state index contributed by atoms with van der Waals surface area (Å²) in [6.07, 6.45) is 1.77. The van der Waals surface area contributed by atoms with Crippen molar-refractivity contribution in [2.45, 2.75) is 46.1 Å². The van der Waals surface area contributed by atoms with Gasteiger partial charge in [0.1, 0.15) is 6.61 Å². The van der Waals surface area contributed by atoms with Gasteiger partial charge in [0.25, 0.3) is 5.91 Å². The van der Waals surface area contributed by atoms with Gasteiger partial charge >= 0.3 is 0 Å². The van der Waals surface area contributed by atoms with Crippen molar-refractivity contribution in [3.8, 4) is 11.8 Å². The second-order valence-corrected chi connectivity index (χ2v) is 5.27. The van der Waals surface area contributed by atoms with Gasteiger partial charge in [-0.05, 0) is 50.5 Å². The number of aryl methyl sites for hydroxylation is 1. The van der Waals surface area contributed by atoms with E-state index < -0.39 is 0 Å². The fourth-order valence-corrected chi connectivity index (χ4v) is 1.90. The van der Waals surface area contributed by atoms with Crippen LogP contribution in [0.4, 0.5) is 0 Å². The number of rotatable bonds is 4. The van der Waals surface area contributed by atoms with Gasteiger partial charge in [0.05, 0.1) is 0 Å². The lowest BCUT2D eigenvalue weighted by Gasteiger charge is -2.28. The molecule has 0 fully saturated rings. The first-order valence-corrected chi connectivity index (χ1v) is 6.98. The molecule has 20 heavy (non-hydrogen) atoms. The first kappa shape index (κ1) is 16.3. The minimum absolute atomic E-state index is 0.0769. The topological polar surface area (TPSA) is 49.3 Å². The molecule has 1 rings (SSSR count). The summed E-state index contributed by atoms with van der Waals surface area (Å²) in [7, 11) is 0. The summed E-state index contributed by atoms with van der Waals surface area (Å²) in [5.41, 5.74) is 2.16. The smallest absolute Gasteiger partial charge is 0.251 e. The highest BCUT2D eigenvalue weighted by atomic mass is 16.2. The van der Waals surface area contributed by atoms with Crippen LogP contribution in [0.5, 0.6) is 0 Å². The predicted molar refractivity (Wildman–Crippen MR) is 81.6 cm³/mol. The molecule has 108 valence electrons. The Morgan fingerprint density at radius 1 is 1.30 bits per heavy atom. The van der Waals surface area contributed by atoms with E-state index in [1.54, 1.807) is 6.07 Å². The molecular weight excluding hydrogens is 250 g/mol. The maximum atomic E-state index is 12.3. The molecule has 0 aliphatic rings. The van der Waals surface area contributed by atoms with Gasteiger partial charge in [0.15, 0.2) is 0 Å². The molecule has 1 aromatic carbocycles. The Kier molecular flexibility index (Phi) is 5.79. The third kappa shape index (κ3) is 4.40. The summed E-state index contributed by atoms with van der Waals surface area (Å²) >= 11 is 0. The summed E-state index contributed by atoms with van der Waals surface area (Å²) in [6.45, 7) is 7.93. The molecule has 3 heteroatoms. The third-order valence-electron chi connectivity index (χ3n) is 3.63. The number of benzene rings is 1. The van der Waals surface area contributed by atoms with Crippen molar-refractivity contribution in [2.75, 3.05) is 6.61 Å². The largest absolute Gasteiger partial charge is 0.384 e. The molecule has 0 aromatic heterocycles. The standard InChI is InChI=1S/C17H23NO2/c1-5-17(4,6-2)18-16(20)15-11-13(3)10-14(12-15)8-7-9-19/h10-12,19H,5-6,9H2,1-4H3,(H,18,20). The Morgan fingerprint density at radius 3 is 2.50 bits per heavy atom. The van der Waals surface area contributed by atoms with E-state index in [-0.39, 0.29) is 18.1 Å². The van der Waals surface area contributed by atoms with Crippen molar-refractivity contribution < 1.29 is 9.90 Å². The van der Waals surface area contributed by atoms with Gasteiger partial charge in [-0.1, -0.05) is 25.7 Å². The molecule has 0 saturated carbocycles. The first-order valence-electron chi connectivity index (χ1n) is 6.98. The number of aliphatic hydroxyl groups excluding tert-OH is 1. The van der Waals surface area contributed by atoms with Crippen LogP contribution in [-0.4, -0.2) is 23.2 Å². The minimum atomic E-state index is -0.183. The van der Waals surface area contributed by atoms with Crippen molar-refractivity contribution in [1.29, 1.82) is 0 Å². The van der Waals surface area contributed by atoms with Crippen LogP contribution < -0.4 is 5.32 Å². The quantitative estimate of drug-likeness (QED) is 0.829. The Balaban J connectivity index is 3.01. The number of carbonyl (C=O) groups is 1. The number of hydrogen-bond acceptors (Lipinski definition) is 2. The maximum absolute atomic E-state index is 12.3. The van der Waals surface area contributed by atoms with Crippen LogP contribution in [0.25, 0.3) is 0 Å². The molecule has 0 radical (unpaired) electrons. The highest BCUT2D eigenvalue weighted by Crippen LogP contribution is 2.16. The van der Waals surface area contributed by atoms with Gasteiger partial charge in [0, 0.05) is 16.7 Å². The summed E-state index contributed by atoms with van der Waals surface area (Å²) in [5.74, 6) is 5.37. The van der Waals surface area contributed by atoms with Gasteiger partial charge < -0.3 is 10.4 Å². The molecule has 0 spiro atoms. The average molecular weight is 273 g/mol. The summed E-state index contributed by atoms with van der Waals surface area (Å²) < 4.78 is 0. The Morgan fingerprint density at radius 2 is 1.95 bits per heavy atom. The fraction of sp³-hybridized carbons (Fsp3) is 0.471. The molecule has 0 atom stereocenters. The lowest BCUT2D eigenvalue weighted by atomic mass is 9.94. The molecule has 1 amide bonds. The Hall–Kier alpha value is -1.79. The van der Waals surface area contributed by atoms with E-state index in [1.807, 2.05) is 26.0 Å². The van der Waals surface area contributed by atoms with E-state index in [0.717, 1.165) is 24.0 Å². The van der Waals surface area contributed by atoms with Crippen molar-refractivity contribution in [1.82, 2.24) is 5.32 Å². The van der Waals surface area contributed by atoms with Gasteiger partial charge in [-0.15, -0.1) is 0 Å². The van der Waals surface area contributed by atoms with E-state index in [2.05, 4.69) is 31.0 Å². The molecule has 0 heterocycles. The molecule has 1 aromatic rings. The molecular formula is C17H23NO2. The molecule has 3 nitrogen and oxygen atoms in total. The summed E-state index contributed by atoms with van der Waals surface area (Å²) in [6, 6.07) is 5.51. The summed E-state index contributed by atoms with van der Waals surface area (Å²) in [4.78, 5) is 12.3. The number of aliphatic hydroxyl groups is 1. The van der Waals surface area contributed by atoms with Crippen LogP contribution in [0.1, 0.15) is 55.1 Å². The monoisotopic (exact) mass is 273 g/mol. The van der Waals surface area contributed by atoms with Crippen LogP contribution in [0.3, 0.4) is 0 Å². The SMILES string of the molecule is CCC(C)(CC)NC(=O)c1cc(C)cc(C#CCO)c1. The van der Waals surface area contributed by atoms with Crippen LogP contribution in [0, 0.1) is 18.8 Å². The minimum Gasteiger partial charge on any atom is -0.384 e. The number of nitrogens with one attached hydrogen (secondary N) is 1. The first-order chi connectivity index (χ1) is 9.44. The number of hydrogen-bond donors (Lipinski definition) is 2. The fourth-order valence-electron chi connectivity index (χ4n) is 1.90. The highest BCUT2D eigenvalue weighted by Gasteiger charge is 2.22. The van der Waals surface area contributed by atoms with Crippen LogP contribution in [-0.2, 0) is 0 Å². The number of amides is 1. The van der Waals surface area contributed by atoms with Gasteiger partial charge in [-0.2, -0.15) is 0 Å². The predicted octanol–water partition coefficient (Wildman–Crippen LogP) is 2.65. The van der Waals surface area contributed by atoms with Gasteiger partial charge in [-0.3, -0.25) is 4.79 Å². The number of carbonyl (C=O) groups excluding carboxylic acids is 1. The molecule has 0 unspecified atom stereocenters. The Bertz CT molecular complexity index is 534. The lowest BCUT2D eigenvalue weighted by molar-refractivity contribution is 0.0901. The average Bonchev–Trinajstić information content (AvgIpc) is 2.44. The molecule has 0 aliphatic heterocycles. The summed E-state index contributed by atoms with van der Waals surface area (Å²) in [5, 5.41) is 11.8. The highest BCUT2D eigenvalue weighted by molar-refractivity contribution is 5.95. The molecule has 0 bridgehead atoms. The van der Waals surface area contributed by atoms with Crippen molar-refractivity contribution >= 4 is 5.91 Å². The van der Waals surface area contributed by atoms with E-state index >= 15 is 0 Å². The van der Waals surface area contributed by atoms with E-state index in [0.29, 0.717) is 5.56 Å². The Labute approximate surface area is 121 Å². The van der Waals surface area contributed by atoms with E-state index in [1.165, 1.54) is 0 Å². The van der Waals surface area contributed by atoms with Gasteiger partial charge in [0.2, 0.25) is 0 Å². The van der Waals surface area contributed by atoms with Gasteiger partial charge in [-0.25, -0.2) is 0 Å². The zero-order valence-electron chi connectivity index (χ0n) is 12.7. The molecule has 0 saturated heterocycles. The molecule has 0 aliphatic carbocycles. The maximum Gasteiger partial charge on any atom is 0.251 e. The second-order valence-electron chi connectivity index (χ2n) is 5.27. The van der Waals surface area contributed by atoms with Crippen molar-refractivity contribution in [3.05, 3.63) is 34.9 Å². The normalized spacial score (nSPS) is 10.7. The van der Waals surface area contributed by atoms with Crippen molar-refractivity contribution in [2.24, 2.45) is 0 Å². The van der Waals surface area contributed by atoms with Crippen LogP contribution in [0.2, 0.25) is 0 Å². The lowest BCUT2D eigenvalue weighted by Crippen LogP contribution is -2.45. The van der Waals surface area contributed by atoms with Crippen LogP contribution >= 0.6 is 0 Å². The van der Waals surface area contributed by atoms with Crippen molar-refractivity contribution in [3.63, 3.8) is 0 Å². The van der Waals surface area contributed by atoms with E-state index in [4.69, 9.17) is 5.11 Å². The zero-order valence-corrected chi connectivity index (χ0v) is 12.7. The van der Waals surface area contributed by atoms with E-state index in [9.17, 15) is 4.79 Å². The zero-order chi connectivity index (χ0) is 15.2. The third-order valence-corrected chi connectivity index (χ3v) is 3.63. The second kappa shape index (κ2) is 7.12. The van der Waals surface area contributed by atoms with Crippen LogP contribution in [0.15, 0.2) is 18.2 Å².